The normalized spacial score (nSPS) is 25.0. The van der Waals surface area contributed by atoms with Gasteiger partial charge in [-0.25, -0.2) is 4.79 Å². The van der Waals surface area contributed by atoms with Gasteiger partial charge in [-0.2, -0.15) is 0 Å². The fraction of sp³-hybridized carbons (Fsp3) is 0.500. The van der Waals surface area contributed by atoms with Crippen LogP contribution in [-0.4, -0.2) is 59.5 Å². The van der Waals surface area contributed by atoms with Crippen molar-refractivity contribution in [1.29, 1.82) is 0 Å². The maximum atomic E-state index is 13.0. The van der Waals surface area contributed by atoms with Gasteiger partial charge in [0.25, 0.3) is 0 Å². The zero-order valence-electron chi connectivity index (χ0n) is 24.4. The molecule has 4 rings (SSSR count). The van der Waals surface area contributed by atoms with E-state index in [0.29, 0.717) is 12.2 Å². The molecule has 2 fully saturated rings. The molecule has 1 amide bonds. The number of esters is 1. The second-order valence-electron chi connectivity index (χ2n) is 11.6. The van der Waals surface area contributed by atoms with E-state index in [4.69, 9.17) is 18.9 Å². The third-order valence-corrected chi connectivity index (χ3v) is 7.32. The SMILES string of the molecule is C=CCOC(=O)Nc1cccc([C@H]2O[C@@H](CN3CCC[C@H]3C(=O)OC(C)(C)C)[C@@H](C)[C@@H](c3ccc(CO)cc3)O2)c1. The van der Waals surface area contributed by atoms with Crippen LogP contribution in [-0.2, 0) is 30.3 Å². The van der Waals surface area contributed by atoms with E-state index >= 15 is 0 Å². The Morgan fingerprint density at radius 1 is 1.15 bits per heavy atom. The van der Waals surface area contributed by atoms with Crippen molar-refractivity contribution >= 4 is 17.7 Å². The molecular formula is C32H42N2O7. The Hall–Kier alpha value is -3.24. The number of ether oxygens (including phenoxy) is 4. The molecule has 2 aromatic carbocycles. The number of likely N-dealkylation sites (tertiary alicyclic amines) is 1. The van der Waals surface area contributed by atoms with E-state index in [-0.39, 0.29) is 43.4 Å². The summed E-state index contributed by atoms with van der Waals surface area (Å²) in [6, 6.07) is 14.7. The Morgan fingerprint density at radius 3 is 2.59 bits per heavy atom. The molecule has 0 unspecified atom stereocenters. The molecule has 2 N–H and O–H groups in total. The van der Waals surface area contributed by atoms with Gasteiger partial charge in [0.05, 0.1) is 18.8 Å². The van der Waals surface area contributed by atoms with Crippen LogP contribution in [0, 0.1) is 5.92 Å². The van der Waals surface area contributed by atoms with Crippen LogP contribution < -0.4 is 5.32 Å². The van der Waals surface area contributed by atoms with Gasteiger partial charge in [-0.1, -0.05) is 56.0 Å². The average molecular weight is 567 g/mol. The topological polar surface area (TPSA) is 107 Å². The van der Waals surface area contributed by atoms with Gasteiger partial charge < -0.3 is 24.1 Å². The summed E-state index contributed by atoms with van der Waals surface area (Å²) in [7, 11) is 0. The number of aliphatic hydroxyl groups is 1. The van der Waals surface area contributed by atoms with E-state index in [1.807, 2.05) is 57.2 Å². The summed E-state index contributed by atoms with van der Waals surface area (Å²) < 4.78 is 23.9. The maximum Gasteiger partial charge on any atom is 0.411 e. The lowest BCUT2D eigenvalue weighted by atomic mass is 9.90. The van der Waals surface area contributed by atoms with Crippen LogP contribution in [0.15, 0.2) is 61.2 Å². The first-order valence-electron chi connectivity index (χ1n) is 14.2. The predicted molar refractivity (Wildman–Crippen MR) is 155 cm³/mol. The Balaban J connectivity index is 1.58. The largest absolute Gasteiger partial charge is 0.459 e. The first-order valence-corrected chi connectivity index (χ1v) is 14.2. The second-order valence-corrected chi connectivity index (χ2v) is 11.6. The molecule has 2 heterocycles. The summed E-state index contributed by atoms with van der Waals surface area (Å²) >= 11 is 0. The smallest absolute Gasteiger partial charge is 0.411 e. The quantitative estimate of drug-likeness (QED) is 0.302. The second kappa shape index (κ2) is 13.6. The molecule has 0 bridgehead atoms. The maximum absolute atomic E-state index is 13.0. The molecule has 5 atom stereocenters. The van der Waals surface area contributed by atoms with E-state index in [1.165, 1.54) is 6.08 Å². The number of hydrogen-bond donors (Lipinski definition) is 2. The molecular weight excluding hydrogens is 524 g/mol. The first-order chi connectivity index (χ1) is 19.6. The number of hydrogen-bond acceptors (Lipinski definition) is 8. The molecule has 2 aromatic rings. The van der Waals surface area contributed by atoms with Gasteiger partial charge in [-0.15, -0.1) is 0 Å². The highest BCUT2D eigenvalue weighted by atomic mass is 16.7. The van der Waals surface area contributed by atoms with E-state index in [2.05, 4.69) is 23.7 Å². The van der Waals surface area contributed by atoms with Crippen LogP contribution in [0.25, 0.3) is 0 Å². The van der Waals surface area contributed by atoms with Gasteiger partial charge in [-0.05, 0) is 63.4 Å². The van der Waals surface area contributed by atoms with Gasteiger partial charge in [0, 0.05) is 23.7 Å². The van der Waals surface area contributed by atoms with Crippen LogP contribution in [0.4, 0.5) is 10.5 Å². The fourth-order valence-corrected chi connectivity index (χ4v) is 5.29. The van der Waals surface area contributed by atoms with Crippen molar-refractivity contribution in [3.05, 3.63) is 77.9 Å². The van der Waals surface area contributed by atoms with Gasteiger partial charge in [-0.3, -0.25) is 15.0 Å². The van der Waals surface area contributed by atoms with Crippen molar-refractivity contribution in [2.45, 2.75) is 77.3 Å². The molecule has 2 aliphatic rings. The van der Waals surface area contributed by atoms with Crippen LogP contribution >= 0.6 is 0 Å². The number of nitrogens with one attached hydrogen (secondary N) is 1. The summed E-state index contributed by atoms with van der Waals surface area (Å²) in [5.74, 6) is -0.245. The summed E-state index contributed by atoms with van der Waals surface area (Å²) in [6.45, 7) is 12.7. The van der Waals surface area contributed by atoms with Gasteiger partial charge in [0.15, 0.2) is 6.29 Å². The minimum absolute atomic E-state index is 0.0360. The molecule has 0 aromatic heterocycles. The molecule has 9 nitrogen and oxygen atoms in total. The number of carbonyl (C=O) groups is 2. The lowest BCUT2D eigenvalue weighted by Gasteiger charge is -2.43. The third kappa shape index (κ3) is 8.16. The summed E-state index contributed by atoms with van der Waals surface area (Å²) in [4.78, 5) is 27.3. The van der Waals surface area contributed by atoms with Crippen molar-refractivity contribution in [1.82, 2.24) is 4.90 Å². The zero-order valence-corrected chi connectivity index (χ0v) is 24.4. The third-order valence-electron chi connectivity index (χ3n) is 7.32. The van der Waals surface area contributed by atoms with Crippen LogP contribution in [0.3, 0.4) is 0 Å². The highest BCUT2D eigenvalue weighted by Crippen LogP contribution is 2.42. The Morgan fingerprint density at radius 2 is 1.90 bits per heavy atom. The van der Waals surface area contributed by atoms with Gasteiger partial charge in [0.1, 0.15) is 18.2 Å². The highest BCUT2D eigenvalue weighted by Gasteiger charge is 2.42. The van der Waals surface area contributed by atoms with Gasteiger partial charge in [0.2, 0.25) is 0 Å². The molecule has 9 heteroatoms. The van der Waals surface area contributed by atoms with E-state index in [0.717, 1.165) is 36.1 Å². The molecule has 2 saturated heterocycles. The lowest BCUT2D eigenvalue weighted by molar-refractivity contribution is -0.276. The monoisotopic (exact) mass is 566 g/mol. The summed E-state index contributed by atoms with van der Waals surface area (Å²) in [5, 5.41) is 12.2. The Kier molecular flexibility index (Phi) is 10.2. The molecule has 0 radical (unpaired) electrons. The highest BCUT2D eigenvalue weighted by molar-refractivity contribution is 5.84. The standard InChI is InChI=1S/C32H42N2O7/c1-6-17-38-31(37)33-25-10-7-9-24(18-25)30-39-27(19-34-16-8-11-26(34)29(36)41-32(3,4)5)21(2)28(40-30)23-14-12-22(20-35)13-15-23/h6-7,9-10,12-15,18,21,26-28,30,35H,1,8,11,16-17,19-20H2,2-5H3,(H,33,37)/t21-,26+,27+,28+,30+/m1/s1. The molecule has 0 saturated carbocycles. The van der Waals surface area contributed by atoms with Crippen molar-refractivity contribution < 1.29 is 33.6 Å². The molecule has 0 aliphatic carbocycles. The number of nitrogens with zero attached hydrogens (tertiary/aromatic N) is 1. The Bertz CT molecular complexity index is 1190. The van der Waals surface area contributed by atoms with Gasteiger partial charge >= 0.3 is 12.1 Å². The molecule has 41 heavy (non-hydrogen) atoms. The lowest BCUT2D eigenvalue weighted by Crippen LogP contribution is -2.48. The summed E-state index contributed by atoms with van der Waals surface area (Å²) in [5.41, 5.74) is 2.53. The zero-order chi connectivity index (χ0) is 29.6. The number of aliphatic hydroxyl groups excluding tert-OH is 1. The first kappa shape index (κ1) is 30.7. The minimum Gasteiger partial charge on any atom is -0.459 e. The van der Waals surface area contributed by atoms with E-state index in [1.54, 1.807) is 12.1 Å². The van der Waals surface area contributed by atoms with E-state index < -0.39 is 18.0 Å². The summed E-state index contributed by atoms with van der Waals surface area (Å²) in [6.07, 6.45) is 1.30. The van der Waals surface area contributed by atoms with Crippen LogP contribution in [0.1, 0.15) is 69.6 Å². The van der Waals surface area contributed by atoms with E-state index in [9.17, 15) is 14.7 Å². The van der Waals surface area contributed by atoms with Crippen molar-refractivity contribution in [2.24, 2.45) is 5.92 Å². The minimum atomic E-state index is -0.716. The predicted octanol–water partition coefficient (Wildman–Crippen LogP) is 5.51. The number of carbonyl (C=O) groups excluding carboxylic acids is 2. The van der Waals surface area contributed by atoms with Crippen LogP contribution in [0.2, 0.25) is 0 Å². The van der Waals surface area contributed by atoms with Crippen LogP contribution in [0.5, 0.6) is 0 Å². The molecule has 2 aliphatic heterocycles. The number of amides is 1. The fourth-order valence-electron chi connectivity index (χ4n) is 5.29. The number of benzene rings is 2. The van der Waals surface area contributed by atoms with Crippen molar-refractivity contribution in [3.8, 4) is 0 Å². The van der Waals surface area contributed by atoms with Crippen molar-refractivity contribution in [3.63, 3.8) is 0 Å². The number of rotatable bonds is 9. The average Bonchev–Trinajstić information content (AvgIpc) is 3.41. The molecule has 222 valence electrons. The van der Waals surface area contributed by atoms with Crippen molar-refractivity contribution in [2.75, 3.05) is 25.0 Å². The molecule has 0 spiro atoms. The number of anilines is 1. The Labute approximate surface area is 242 Å².